The van der Waals surface area contributed by atoms with E-state index < -0.39 is 0 Å². The zero-order valence-electron chi connectivity index (χ0n) is 14.4. The molecule has 132 valence electrons. The Morgan fingerprint density at radius 3 is 2.77 bits per heavy atom. The van der Waals surface area contributed by atoms with Gasteiger partial charge in [-0.1, -0.05) is 59.2 Å². The summed E-state index contributed by atoms with van der Waals surface area (Å²) in [5, 5.41) is 4.77. The molecule has 1 unspecified atom stereocenters. The van der Waals surface area contributed by atoms with Crippen LogP contribution in [0.1, 0.15) is 29.4 Å². The molecule has 1 amide bonds. The number of rotatable bonds is 4. The molecular formula is C20H18ClN3O2. The first-order valence-corrected chi connectivity index (χ1v) is 8.90. The Bertz CT molecular complexity index is 953. The van der Waals surface area contributed by atoms with Crippen LogP contribution in [0.15, 0.2) is 53.1 Å². The number of aromatic nitrogens is 2. The molecule has 1 saturated heterocycles. The Balaban J connectivity index is 1.51. The van der Waals surface area contributed by atoms with Crippen LogP contribution in [0.5, 0.6) is 0 Å². The number of carbonyl (C=O) groups excluding carboxylic acids is 1. The molecule has 0 bridgehead atoms. The van der Waals surface area contributed by atoms with Crippen LogP contribution in [-0.4, -0.2) is 27.5 Å². The zero-order chi connectivity index (χ0) is 18.1. The highest BCUT2D eigenvalue weighted by atomic mass is 35.5. The fourth-order valence-electron chi connectivity index (χ4n) is 3.26. The summed E-state index contributed by atoms with van der Waals surface area (Å²) in [5.41, 5.74) is 2.97. The van der Waals surface area contributed by atoms with E-state index in [4.69, 9.17) is 16.1 Å². The molecule has 1 atom stereocenters. The van der Waals surface area contributed by atoms with Gasteiger partial charge in [0, 0.05) is 30.1 Å². The molecule has 0 radical (unpaired) electrons. The van der Waals surface area contributed by atoms with Crippen LogP contribution in [0.25, 0.3) is 11.4 Å². The number of nitrogens with zero attached hydrogens (tertiary/aromatic N) is 3. The molecule has 2 aromatic carbocycles. The van der Waals surface area contributed by atoms with Gasteiger partial charge in [0.1, 0.15) is 0 Å². The molecule has 6 heteroatoms. The van der Waals surface area contributed by atoms with E-state index in [0.717, 1.165) is 16.7 Å². The Kier molecular flexibility index (Phi) is 4.47. The summed E-state index contributed by atoms with van der Waals surface area (Å²) in [6, 6.07) is 15.5. The van der Waals surface area contributed by atoms with Crippen molar-refractivity contribution in [2.45, 2.75) is 25.8 Å². The van der Waals surface area contributed by atoms with Crippen molar-refractivity contribution in [3.8, 4) is 11.4 Å². The van der Waals surface area contributed by atoms with Gasteiger partial charge in [0.15, 0.2) is 0 Å². The van der Waals surface area contributed by atoms with Gasteiger partial charge < -0.3 is 9.42 Å². The second-order valence-electron chi connectivity index (χ2n) is 6.54. The van der Waals surface area contributed by atoms with Gasteiger partial charge in [0.05, 0.1) is 5.92 Å². The molecule has 1 aliphatic heterocycles. The van der Waals surface area contributed by atoms with Gasteiger partial charge in [-0.25, -0.2) is 0 Å². The monoisotopic (exact) mass is 367 g/mol. The number of amides is 1. The molecule has 1 aromatic heterocycles. The van der Waals surface area contributed by atoms with Gasteiger partial charge in [0.25, 0.3) is 0 Å². The van der Waals surface area contributed by atoms with Gasteiger partial charge in [-0.05, 0) is 24.1 Å². The Morgan fingerprint density at radius 1 is 1.19 bits per heavy atom. The summed E-state index contributed by atoms with van der Waals surface area (Å²) in [7, 11) is 0. The lowest BCUT2D eigenvalue weighted by molar-refractivity contribution is -0.128. The van der Waals surface area contributed by atoms with Gasteiger partial charge in [-0.3, -0.25) is 4.79 Å². The van der Waals surface area contributed by atoms with Crippen LogP contribution < -0.4 is 0 Å². The number of likely N-dealkylation sites (tertiary alicyclic amines) is 1. The van der Waals surface area contributed by atoms with Crippen molar-refractivity contribution in [3.63, 3.8) is 0 Å². The summed E-state index contributed by atoms with van der Waals surface area (Å²) < 4.78 is 5.46. The number of hydrogen-bond acceptors (Lipinski definition) is 4. The maximum atomic E-state index is 12.4. The molecule has 0 aliphatic carbocycles. The molecule has 4 rings (SSSR count). The molecule has 26 heavy (non-hydrogen) atoms. The minimum atomic E-state index is -0.0877. The van der Waals surface area contributed by atoms with Crippen LogP contribution in [0.4, 0.5) is 0 Å². The standard InChI is InChI=1S/C20H18ClN3O2/c1-13-6-2-4-8-16(13)19-22-20(26-23-19)15-10-18(25)24(12-15)11-14-7-3-5-9-17(14)21/h2-9,15H,10-12H2,1H3. The number of hydrogen-bond donors (Lipinski definition) is 0. The number of aryl methyl sites for hydroxylation is 1. The Hall–Kier alpha value is -2.66. The summed E-state index contributed by atoms with van der Waals surface area (Å²) >= 11 is 6.21. The van der Waals surface area contributed by atoms with Crippen molar-refractivity contribution in [2.24, 2.45) is 0 Å². The van der Waals surface area contributed by atoms with E-state index in [1.807, 2.05) is 55.5 Å². The van der Waals surface area contributed by atoms with Crippen LogP contribution in [0.3, 0.4) is 0 Å². The minimum Gasteiger partial charge on any atom is -0.339 e. The van der Waals surface area contributed by atoms with E-state index in [1.54, 1.807) is 4.90 Å². The predicted octanol–water partition coefficient (Wildman–Crippen LogP) is 4.21. The summed E-state index contributed by atoms with van der Waals surface area (Å²) in [4.78, 5) is 18.7. The second-order valence-corrected chi connectivity index (χ2v) is 6.95. The largest absolute Gasteiger partial charge is 0.339 e. The molecule has 0 spiro atoms. The molecular weight excluding hydrogens is 350 g/mol. The van der Waals surface area contributed by atoms with Crippen LogP contribution in [0.2, 0.25) is 5.02 Å². The summed E-state index contributed by atoms with van der Waals surface area (Å²) in [6.07, 6.45) is 0.375. The average molecular weight is 368 g/mol. The third-order valence-electron chi connectivity index (χ3n) is 4.71. The first-order valence-electron chi connectivity index (χ1n) is 8.52. The maximum Gasteiger partial charge on any atom is 0.232 e. The normalized spacial score (nSPS) is 17.1. The van der Waals surface area contributed by atoms with Gasteiger partial charge >= 0.3 is 0 Å². The fraction of sp³-hybridized carbons (Fsp3) is 0.250. The predicted molar refractivity (Wildman–Crippen MR) is 98.7 cm³/mol. The average Bonchev–Trinajstić information content (AvgIpc) is 3.25. The van der Waals surface area contributed by atoms with E-state index in [9.17, 15) is 4.79 Å². The van der Waals surface area contributed by atoms with Gasteiger partial charge in [-0.15, -0.1) is 0 Å². The SMILES string of the molecule is Cc1ccccc1-c1noc(C2CC(=O)N(Cc3ccccc3Cl)C2)n1. The molecule has 0 saturated carbocycles. The maximum absolute atomic E-state index is 12.4. The van der Waals surface area contributed by atoms with E-state index in [0.29, 0.717) is 36.2 Å². The molecule has 5 nitrogen and oxygen atoms in total. The number of halogens is 1. The molecule has 1 fully saturated rings. The van der Waals surface area contributed by atoms with Gasteiger partial charge in [0.2, 0.25) is 17.6 Å². The van der Waals surface area contributed by atoms with Crippen molar-refractivity contribution in [1.82, 2.24) is 15.0 Å². The lowest BCUT2D eigenvalue weighted by Crippen LogP contribution is -2.24. The third-order valence-corrected chi connectivity index (χ3v) is 5.08. The van der Waals surface area contributed by atoms with E-state index in [2.05, 4.69) is 10.1 Å². The zero-order valence-corrected chi connectivity index (χ0v) is 15.1. The van der Waals surface area contributed by atoms with Crippen molar-refractivity contribution in [2.75, 3.05) is 6.54 Å². The van der Waals surface area contributed by atoms with Crippen molar-refractivity contribution in [1.29, 1.82) is 0 Å². The molecule has 3 aromatic rings. The topological polar surface area (TPSA) is 59.2 Å². The Labute approximate surface area is 156 Å². The first-order chi connectivity index (χ1) is 12.6. The third kappa shape index (κ3) is 3.22. The van der Waals surface area contributed by atoms with E-state index in [1.165, 1.54) is 0 Å². The van der Waals surface area contributed by atoms with E-state index in [-0.39, 0.29) is 11.8 Å². The molecule has 1 aliphatic rings. The van der Waals surface area contributed by atoms with Crippen molar-refractivity contribution in [3.05, 3.63) is 70.6 Å². The van der Waals surface area contributed by atoms with Crippen LogP contribution in [0, 0.1) is 6.92 Å². The number of carbonyl (C=O) groups is 1. The van der Waals surface area contributed by atoms with Crippen LogP contribution in [-0.2, 0) is 11.3 Å². The van der Waals surface area contributed by atoms with Crippen molar-refractivity contribution < 1.29 is 9.32 Å². The highest BCUT2D eigenvalue weighted by Crippen LogP contribution is 2.31. The van der Waals surface area contributed by atoms with Gasteiger partial charge in [-0.2, -0.15) is 4.98 Å². The highest BCUT2D eigenvalue weighted by Gasteiger charge is 2.34. The quantitative estimate of drug-likeness (QED) is 0.693. The van der Waals surface area contributed by atoms with E-state index >= 15 is 0 Å². The summed E-state index contributed by atoms with van der Waals surface area (Å²) in [5.74, 6) is 1.06. The number of benzene rings is 2. The first kappa shape index (κ1) is 16.8. The second kappa shape index (κ2) is 6.92. The lowest BCUT2D eigenvalue weighted by atomic mass is 10.1. The minimum absolute atomic E-state index is 0.0746. The fourth-order valence-corrected chi connectivity index (χ4v) is 3.45. The Morgan fingerprint density at radius 2 is 1.96 bits per heavy atom. The molecule has 0 N–H and O–H groups in total. The lowest BCUT2D eigenvalue weighted by Gasteiger charge is -2.16. The van der Waals surface area contributed by atoms with Crippen molar-refractivity contribution >= 4 is 17.5 Å². The smallest absolute Gasteiger partial charge is 0.232 e. The highest BCUT2D eigenvalue weighted by molar-refractivity contribution is 6.31. The van der Waals surface area contributed by atoms with Crippen LogP contribution >= 0.6 is 11.6 Å². The summed E-state index contributed by atoms with van der Waals surface area (Å²) in [6.45, 7) is 3.06. The molecule has 2 heterocycles.